The zero-order valence-electron chi connectivity index (χ0n) is 29.5. The number of rotatable bonds is 0. The zero-order valence-corrected chi connectivity index (χ0v) is 29.5. The molecule has 0 spiro atoms. The van der Waals surface area contributed by atoms with Gasteiger partial charge in [-0.3, -0.25) is 0 Å². The third kappa shape index (κ3) is 5.84. The highest BCUT2D eigenvalue weighted by molar-refractivity contribution is 6.09. The van der Waals surface area contributed by atoms with Gasteiger partial charge in [0.1, 0.15) is 0 Å². The summed E-state index contributed by atoms with van der Waals surface area (Å²) in [5, 5.41) is 4.67. The highest BCUT2D eigenvalue weighted by Crippen LogP contribution is 2.39. The van der Waals surface area contributed by atoms with E-state index in [0.717, 1.165) is 44.2 Å². The molecule has 0 nitrogen and oxygen atoms in total. The number of hydrogen-bond acceptors (Lipinski definition) is 0. The van der Waals surface area contributed by atoms with Crippen molar-refractivity contribution >= 4 is 21.5 Å². The van der Waals surface area contributed by atoms with Crippen LogP contribution in [0, 0.1) is 23.7 Å². The van der Waals surface area contributed by atoms with Crippen molar-refractivity contribution in [3.63, 3.8) is 0 Å². The molecule has 0 aromatic heterocycles. The Morgan fingerprint density at radius 2 is 0.500 bits per heavy atom. The van der Waals surface area contributed by atoms with Gasteiger partial charge in [-0.15, -0.1) is 0 Å². The maximum atomic E-state index is 3.60. The van der Waals surface area contributed by atoms with Crippen LogP contribution in [0.1, 0.15) is 22.3 Å². The second-order valence-electron chi connectivity index (χ2n) is 13.8. The van der Waals surface area contributed by atoms with Gasteiger partial charge in [-0.25, -0.2) is 0 Å². The van der Waals surface area contributed by atoms with Crippen molar-refractivity contribution in [2.75, 3.05) is 0 Å². The Bertz CT molecular complexity index is 2770. The minimum Gasteiger partial charge on any atom is -0.0616 e. The first-order valence-electron chi connectivity index (χ1n) is 18.3. The summed E-state index contributed by atoms with van der Waals surface area (Å²) in [6.45, 7) is 0. The molecule has 0 N–H and O–H groups in total. The Hall–Kier alpha value is -7.38. The lowest BCUT2D eigenvalue weighted by Crippen LogP contribution is -1.93. The van der Waals surface area contributed by atoms with Gasteiger partial charge in [-0.05, 0) is 102 Å². The molecule has 9 aliphatic rings. The van der Waals surface area contributed by atoms with Crippen molar-refractivity contribution in [2.45, 2.75) is 0 Å². The molecule has 0 saturated carbocycles. The quantitative estimate of drug-likeness (QED) is 0.140. The molecule has 9 aromatic carbocycles. The maximum absolute atomic E-state index is 3.60. The average Bonchev–Trinajstić information content (AvgIpc) is 3.25. The van der Waals surface area contributed by atoms with E-state index in [-0.39, 0.29) is 0 Å². The third-order valence-electron chi connectivity index (χ3n) is 10.5. The lowest BCUT2D eigenvalue weighted by Gasteiger charge is -2.15. The van der Waals surface area contributed by atoms with E-state index in [1.54, 1.807) is 0 Å². The molecule has 0 aliphatic heterocycles. The SMILES string of the molecule is C1#Cc2ccc3ccccc3c2-c2c(ccc3ccccc23)C#Cc2ccc(cc2)-c2ccc(cc2)-c2ccc(cc2)-c2ccc(cc2)-c2ccc1cc2. The monoisotopic (exact) mass is 680 g/mol. The fraction of sp³-hybridized carbons (Fsp3) is 0. The topological polar surface area (TPSA) is 0 Å². The van der Waals surface area contributed by atoms with Crippen molar-refractivity contribution in [1.82, 2.24) is 0 Å². The minimum atomic E-state index is 0.971. The summed E-state index contributed by atoms with van der Waals surface area (Å²) in [6, 6.07) is 69.5. The summed E-state index contributed by atoms with van der Waals surface area (Å²) < 4.78 is 0. The summed E-state index contributed by atoms with van der Waals surface area (Å²) in [5.74, 6) is 14.2. The van der Waals surface area contributed by atoms with Gasteiger partial charge in [-0.2, -0.15) is 0 Å². The van der Waals surface area contributed by atoms with Gasteiger partial charge in [0.15, 0.2) is 0 Å². The normalized spacial score (nSPS) is 11.3. The molecule has 0 heterocycles. The molecule has 0 saturated heterocycles. The van der Waals surface area contributed by atoms with Crippen molar-refractivity contribution < 1.29 is 0 Å². The molecule has 0 amide bonds. The molecule has 248 valence electrons. The Morgan fingerprint density at radius 3 is 0.815 bits per heavy atom. The second kappa shape index (κ2) is 13.3. The lowest BCUT2D eigenvalue weighted by molar-refractivity contribution is 1.56. The van der Waals surface area contributed by atoms with Crippen LogP contribution < -0.4 is 0 Å². The fourth-order valence-electron chi connectivity index (χ4n) is 7.63. The number of fused-ring (bicyclic) bond motifs is 3. The molecule has 9 aromatic rings. The van der Waals surface area contributed by atoms with Crippen LogP contribution in [0.25, 0.3) is 77.2 Å². The second-order valence-corrected chi connectivity index (χ2v) is 13.8. The molecule has 18 rings (SSSR count). The highest BCUT2D eigenvalue weighted by atomic mass is 14.2. The van der Waals surface area contributed by atoms with Crippen molar-refractivity contribution in [3.05, 3.63) is 216 Å². The summed E-state index contributed by atoms with van der Waals surface area (Å²) in [6.07, 6.45) is 0. The van der Waals surface area contributed by atoms with E-state index in [9.17, 15) is 0 Å². The Labute approximate surface area is 316 Å². The molecular weight excluding hydrogens is 649 g/mol. The summed E-state index contributed by atoms with van der Waals surface area (Å²) >= 11 is 0. The highest BCUT2D eigenvalue weighted by Gasteiger charge is 2.16. The van der Waals surface area contributed by atoms with Crippen molar-refractivity contribution in [2.24, 2.45) is 0 Å². The molecule has 0 heteroatoms. The van der Waals surface area contributed by atoms with Gasteiger partial charge in [-0.1, -0.05) is 181 Å². The van der Waals surface area contributed by atoms with Gasteiger partial charge >= 0.3 is 0 Å². The molecule has 0 atom stereocenters. The van der Waals surface area contributed by atoms with Gasteiger partial charge in [0.25, 0.3) is 0 Å². The molecule has 0 radical (unpaired) electrons. The van der Waals surface area contributed by atoms with Crippen LogP contribution in [0.3, 0.4) is 0 Å². The smallest absolute Gasteiger partial charge is 0.0334 e. The van der Waals surface area contributed by atoms with Crippen molar-refractivity contribution in [3.8, 4) is 79.3 Å². The van der Waals surface area contributed by atoms with Gasteiger partial charge < -0.3 is 0 Å². The van der Waals surface area contributed by atoms with Crippen LogP contribution in [-0.2, 0) is 0 Å². The zero-order chi connectivity index (χ0) is 35.8. The van der Waals surface area contributed by atoms with Crippen LogP contribution in [0.5, 0.6) is 0 Å². The van der Waals surface area contributed by atoms with Crippen molar-refractivity contribution in [1.29, 1.82) is 0 Å². The number of hydrogen-bond donors (Lipinski definition) is 0. The molecule has 54 heavy (non-hydrogen) atoms. The largest absolute Gasteiger partial charge is 0.0616 e. The summed E-state index contributed by atoms with van der Waals surface area (Å²) in [7, 11) is 0. The molecule has 10 bridgehead atoms. The van der Waals surface area contributed by atoms with Crippen LogP contribution in [0.15, 0.2) is 194 Å². The maximum Gasteiger partial charge on any atom is 0.0334 e. The molecule has 0 fully saturated rings. The lowest BCUT2D eigenvalue weighted by atomic mass is 9.87. The van der Waals surface area contributed by atoms with Gasteiger partial charge in [0, 0.05) is 33.4 Å². The summed E-state index contributed by atoms with van der Waals surface area (Å²) in [5.41, 5.74) is 15.6. The first-order valence-corrected chi connectivity index (χ1v) is 18.3. The van der Waals surface area contributed by atoms with E-state index in [1.165, 1.54) is 55.3 Å². The Kier molecular flexibility index (Phi) is 7.73. The van der Waals surface area contributed by atoms with E-state index >= 15 is 0 Å². The van der Waals surface area contributed by atoms with Crippen LogP contribution in [0.4, 0.5) is 0 Å². The first-order chi connectivity index (χ1) is 26.7. The predicted octanol–water partition coefficient (Wildman–Crippen LogP) is 13.4. The van der Waals surface area contributed by atoms with E-state index in [4.69, 9.17) is 0 Å². The molecule has 0 unspecified atom stereocenters. The van der Waals surface area contributed by atoms with Crippen LogP contribution in [-0.4, -0.2) is 0 Å². The standard InChI is InChI=1S/C54H32/c1-3-7-51-47(5-1)33-35-49-19-13-37-9-15-39(16-10-37)41-21-25-43(26-22-41)45-29-31-46(32-30-45)44-27-23-42(24-28-44)40-17-11-38(12-18-40)14-20-50-36-34-48-6-2-4-8-52(48)54(50)53(49)51/h1-12,15-18,21-36H. The number of benzene rings is 9. The van der Waals surface area contributed by atoms with E-state index in [1.807, 2.05) is 0 Å². The molecular formula is C54H32. The summed E-state index contributed by atoms with van der Waals surface area (Å²) in [4.78, 5) is 0. The minimum absolute atomic E-state index is 0.971. The average molecular weight is 681 g/mol. The van der Waals surface area contributed by atoms with Gasteiger partial charge in [0.05, 0.1) is 0 Å². The fourth-order valence-corrected chi connectivity index (χ4v) is 7.63. The molecule has 9 aliphatic carbocycles. The van der Waals surface area contributed by atoms with Crippen LogP contribution in [0.2, 0.25) is 0 Å². The predicted molar refractivity (Wildman–Crippen MR) is 227 cm³/mol. The van der Waals surface area contributed by atoms with E-state index in [2.05, 4.69) is 218 Å². The Balaban J connectivity index is 1.17. The van der Waals surface area contributed by atoms with Crippen LogP contribution >= 0.6 is 0 Å². The third-order valence-corrected chi connectivity index (χ3v) is 10.5. The van der Waals surface area contributed by atoms with E-state index in [0.29, 0.717) is 0 Å². The van der Waals surface area contributed by atoms with Gasteiger partial charge in [0.2, 0.25) is 0 Å². The Morgan fingerprint density at radius 1 is 0.222 bits per heavy atom. The van der Waals surface area contributed by atoms with E-state index < -0.39 is 0 Å². The first kappa shape index (κ1) is 31.4.